The van der Waals surface area contributed by atoms with Gasteiger partial charge in [-0.25, -0.2) is 4.98 Å². The van der Waals surface area contributed by atoms with Gasteiger partial charge in [0, 0.05) is 12.6 Å². The predicted octanol–water partition coefficient (Wildman–Crippen LogP) is 4.28. The first-order valence-electron chi connectivity index (χ1n) is 6.75. The van der Waals surface area contributed by atoms with Crippen molar-refractivity contribution in [2.24, 2.45) is 0 Å². The summed E-state index contributed by atoms with van der Waals surface area (Å²) in [5.74, 6) is 0.478. The van der Waals surface area contributed by atoms with Crippen molar-refractivity contribution in [2.45, 2.75) is 26.1 Å². The summed E-state index contributed by atoms with van der Waals surface area (Å²) in [5, 5.41) is 0. The summed E-state index contributed by atoms with van der Waals surface area (Å²) >= 11 is 6.13. The molecule has 3 aromatic rings. The molecule has 0 aliphatic carbocycles. The molecule has 0 atom stereocenters. The van der Waals surface area contributed by atoms with Crippen LogP contribution in [-0.2, 0) is 12.3 Å². The van der Waals surface area contributed by atoms with Crippen LogP contribution < -0.4 is 0 Å². The second kappa shape index (κ2) is 5.29. The zero-order chi connectivity index (χ0) is 14.1. The fourth-order valence-corrected chi connectivity index (χ4v) is 2.83. The minimum Gasteiger partial charge on any atom is -0.303 e. The lowest BCUT2D eigenvalue weighted by Crippen LogP contribution is -1.95. The molecular weight excluding hydrogens is 268 g/mol. The molecule has 0 spiro atoms. The van der Waals surface area contributed by atoms with E-state index >= 15 is 0 Å². The third kappa shape index (κ3) is 2.44. The Balaban J connectivity index is 2.06. The van der Waals surface area contributed by atoms with Crippen molar-refractivity contribution in [2.75, 3.05) is 0 Å². The first-order chi connectivity index (χ1) is 9.67. The number of halogens is 1. The Hall–Kier alpha value is -1.80. The van der Waals surface area contributed by atoms with Crippen LogP contribution >= 0.6 is 11.6 Å². The summed E-state index contributed by atoms with van der Waals surface area (Å²) in [5.41, 5.74) is 6.89. The van der Waals surface area contributed by atoms with Gasteiger partial charge in [-0.1, -0.05) is 29.8 Å². The van der Waals surface area contributed by atoms with Crippen LogP contribution in [0.25, 0.3) is 5.65 Å². The van der Waals surface area contributed by atoms with Crippen molar-refractivity contribution in [1.29, 1.82) is 0 Å². The molecule has 0 aliphatic rings. The number of rotatable bonds is 3. The number of benzene rings is 1. The molecule has 0 unspecified atom stereocenters. The number of imidazole rings is 1. The molecule has 0 amide bonds. The SMILES string of the molecule is Cc1cccc(Cc2nc3cc(C)ccn3c2CCl)c1. The van der Waals surface area contributed by atoms with Crippen molar-refractivity contribution in [1.82, 2.24) is 9.38 Å². The number of aryl methyl sites for hydroxylation is 2. The topological polar surface area (TPSA) is 17.3 Å². The molecule has 2 heterocycles. The molecule has 0 saturated carbocycles. The van der Waals surface area contributed by atoms with E-state index in [0.29, 0.717) is 5.88 Å². The van der Waals surface area contributed by atoms with Gasteiger partial charge in [0.1, 0.15) is 5.65 Å². The molecule has 0 N–H and O–H groups in total. The average Bonchev–Trinajstić information content (AvgIpc) is 2.74. The first kappa shape index (κ1) is 13.2. The fourth-order valence-electron chi connectivity index (χ4n) is 2.54. The van der Waals surface area contributed by atoms with E-state index < -0.39 is 0 Å². The zero-order valence-electron chi connectivity index (χ0n) is 11.7. The van der Waals surface area contributed by atoms with E-state index in [1.54, 1.807) is 0 Å². The number of pyridine rings is 1. The lowest BCUT2D eigenvalue weighted by atomic mass is 10.1. The third-order valence-corrected chi connectivity index (χ3v) is 3.80. The van der Waals surface area contributed by atoms with Gasteiger partial charge in [-0.15, -0.1) is 11.6 Å². The van der Waals surface area contributed by atoms with Crippen LogP contribution in [0.1, 0.15) is 28.1 Å². The van der Waals surface area contributed by atoms with Gasteiger partial charge in [0.25, 0.3) is 0 Å². The normalized spacial score (nSPS) is 11.2. The molecule has 20 heavy (non-hydrogen) atoms. The largest absolute Gasteiger partial charge is 0.303 e. The summed E-state index contributed by atoms with van der Waals surface area (Å²) in [6.45, 7) is 4.19. The third-order valence-electron chi connectivity index (χ3n) is 3.54. The Morgan fingerprint density at radius 1 is 1.10 bits per heavy atom. The maximum Gasteiger partial charge on any atom is 0.137 e. The highest BCUT2D eigenvalue weighted by atomic mass is 35.5. The Labute approximate surface area is 124 Å². The fraction of sp³-hybridized carbons (Fsp3) is 0.235. The molecule has 0 aliphatic heterocycles. The summed E-state index contributed by atoms with van der Waals surface area (Å²) in [7, 11) is 0. The van der Waals surface area contributed by atoms with E-state index in [9.17, 15) is 0 Å². The van der Waals surface area contributed by atoms with Crippen LogP contribution in [0.4, 0.5) is 0 Å². The van der Waals surface area contributed by atoms with Crippen LogP contribution in [0.15, 0.2) is 42.6 Å². The van der Waals surface area contributed by atoms with E-state index in [1.165, 1.54) is 16.7 Å². The monoisotopic (exact) mass is 284 g/mol. The summed E-state index contributed by atoms with van der Waals surface area (Å²) < 4.78 is 2.09. The maximum atomic E-state index is 6.13. The number of aromatic nitrogens is 2. The molecule has 2 nitrogen and oxygen atoms in total. The Bertz CT molecular complexity index is 759. The minimum atomic E-state index is 0.478. The molecular formula is C17H17ClN2. The summed E-state index contributed by atoms with van der Waals surface area (Å²) in [6.07, 6.45) is 2.87. The van der Waals surface area contributed by atoms with Gasteiger partial charge in [0.15, 0.2) is 0 Å². The second-order valence-electron chi connectivity index (χ2n) is 5.24. The lowest BCUT2D eigenvalue weighted by molar-refractivity contribution is 1.03. The molecule has 0 fully saturated rings. The van der Waals surface area contributed by atoms with E-state index in [1.807, 2.05) is 0 Å². The first-order valence-corrected chi connectivity index (χ1v) is 7.29. The molecule has 2 aromatic heterocycles. The minimum absolute atomic E-state index is 0.478. The van der Waals surface area contributed by atoms with Crippen molar-refractivity contribution < 1.29 is 0 Å². The van der Waals surface area contributed by atoms with E-state index in [4.69, 9.17) is 16.6 Å². The summed E-state index contributed by atoms with van der Waals surface area (Å²) in [4.78, 5) is 4.75. The van der Waals surface area contributed by atoms with Gasteiger partial charge in [-0.3, -0.25) is 0 Å². The smallest absolute Gasteiger partial charge is 0.137 e. The van der Waals surface area contributed by atoms with Gasteiger partial charge < -0.3 is 4.40 Å². The van der Waals surface area contributed by atoms with Crippen LogP contribution in [0.3, 0.4) is 0 Å². The number of alkyl halides is 1. The number of hydrogen-bond donors (Lipinski definition) is 0. The zero-order valence-corrected chi connectivity index (χ0v) is 12.5. The Morgan fingerprint density at radius 3 is 2.65 bits per heavy atom. The standard InChI is InChI=1S/C17H17ClN2/c1-12-4-3-5-14(8-12)10-15-16(11-18)20-7-6-13(2)9-17(20)19-15/h3-9H,10-11H2,1-2H3. The van der Waals surface area contributed by atoms with Gasteiger partial charge in [-0.2, -0.15) is 0 Å². The molecule has 1 aromatic carbocycles. The average molecular weight is 285 g/mol. The van der Waals surface area contributed by atoms with Gasteiger partial charge in [-0.05, 0) is 37.1 Å². The highest BCUT2D eigenvalue weighted by Gasteiger charge is 2.11. The number of nitrogens with zero attached hydrogens (tertiary/aromatic N) is 2. The summed E-state index contributed by atoms with van der Waals surface area (Å²) in [6, 6.07) is 12.7. The predicted molar refractivity (Wildman–Crippen MR) is 83.5 cm³/mol. The van der Waals surface area contributed by atoms with Gasteiger partial charge >= 0.3 is 0 Å². The maximum absolute atomic E-state index is 6.13. The number of fused-ring (bicyclic) bond motifs is 1. The molecule has 0 saturated heterocycles. The lowest BCUT2D eigenvalue weighted by Gasteiger charge is -2.03. The highest BCUT2D eigenvalue weighted by Crippen LogP contribution is 2.19. The van der Waals surface area contributed by atoms with Crippen molar-refractivity contribution in [3.8, 4) is 0 Å². The number of hydrogen-bond acceptors (Lipinski definition) is 1. The second-order valence-corrected chi connectivity index (χ2v) is 5.50. The Kier molecular flexibility index (Phi) is 3.49. The molecule has 3 heteroatoms. The highest BCUT2D eigenvalue weighted by molar-refractivity contribution is 6.17. The van der Waals surface area contributed by atoms with Crippen molar-refractivity contribution in [3.05, 3.63) is 70.7 Å². The quantitative estimate of drug-likeness (QED) is 0.656. The van der Waals surface area contributed by atoms with Gasteiger partial charge in [0.05, 0.1) is 17.3 Å². The van der Waals surface area contributed by atoms with Gasteiger partial charge in [0.2, 0.25) is 0 Å². The van der Waals surface area contributed by atoms with Crippen LogP contribution in [-0.4, -0.2) is 9.38 Å². The van der Waals surface area contributed by atoms with Crippen LogP contribution in [0.2, 0.25) is 0 Å². The van der Waals surface area contributed by atoms with Crippen LogP contribution in [0.5, 0.6) is 0 Å². The van der Waals surface area contributed by atoms with Crippen molar-refractivity contribution >= 4 is 17.2 Å². The molecule has 0 radical (unpaired) electrons. The van der Waals surface area contributed by atoms with E-state index in [2.05, 4.69) is 60.8 Å². The molecule has 3 rings (SSSR count). The molecule has 102 valence electrons. The van der Waals surface area contributed by atoms with E-state index in [-0.39, 0.29) is 0 Å². The van der Waals surface area contributed by atoms with Crippen LogP contribution in [0, 0.1) is 13.8 Å². The molecule has 0 bridgehead atoms. The van der Waals surface area contributed by atoms with Crippen molar-refractivity contribution in [3.63, 3.8) is 0 Å². The Morgan fingerprint density at radius 2 is 1.90 bits per heavy atom. The van der Waals surface area contributed by atoms with E-state index in [0.717, 1.165) is 23.5 Å².